The van der Waals surface area contributed by atoms with Gasteiger partial charge in [0.05, 0.1) is 6.10 Å². The van der Waals surface area contributed by atoms with Crippen LogP contribution in [0.25, 0.3) is 0 Å². The zero-order valence-corrected chi connectivity index (χ0v) is 7.91. The van der Waals surface area contributed by atoms with Gasteiger partial charge in [0.2, 0.25) is 0 Å². The molecule has 0 aliphatic heterocycles. The Kier molecular flexibility index (Phi) is 3.25. The lowest BCUT2D eigenvalue weighted by molar-refractivity contribution is 0.162. The summed E-state index contributed by atoms with van der Waals surface area (Å²) in [4.78, 5) is 10.8. The van der Waals surface area contributed by atoms with Crippen LogP contribution in [0.4, 0.5) is 0 Å². The van der Waals surface area contributed by atoms with Gasteiger partial charge in [-0.25, -0.2) is 4.79 Å². The number of rotatable bonds is 3. The number of aryl methyl sites for hydroxylation is 1. The Balaban J connectivity index is 2.94. The van der Waals surface area contributed by atoms with E-state index in [1.165, 1.54) is 6.07 Å². The van der Waals surface area contributed by atoms with E-state index in [4.69, 9.17) is 4.42 Å². The van der Waals surface area contributed by atoms with Crippen molar-refractivity contribution in [3.8, 4) is 0 Å². The molecule has 0 spiro atoms. The molecule has 72 valence electrons. The van der Waals surface area contributed by atoms with E-state index in [9.17, 15) is 9.90 Å². The second kappa shape index (κ2) is 4.23. The lowest BCUT2D eigenvalue weighted by Crippen LogP contribution is -2.04. The van der Waals surface area contributed by atoms with Crippen LogP contribution in [-0.4, -0.2) is 5.11 Å². The van der Waals surface area contributed by atoms with Crippen LogP contribution in [0.2, 0.25) is 0 Å². The van der Waals surface area contributed by atoms with E-state index in [2.05, 4.69) is 0 Å². The summed E-state index contributed by atoms with van der Waals surface area (Å²) in [6.07, 6.45) is 1.07. The maximum atomic E-state index is 10.8. The smallest absolute Gasteiger partial charge is 0.335 e. The molecule has 0 aliphatic carbocycles. The van der Waals surface area contributed by atoms with Crippen LogP contribution in [0.5, 0.6) is 0 Å². The zero-order valence-electron chi connectivity index (χ0n) is 7.91. The summed E-state index contributed by atoms with van der Waals surface area (Å²) in [5.41, 5.74) is 0.339. The largest absolute Gasteiger partial charge is 0.428 e. The van der Waals surface area contributed by atoms with Crippen LogP contribution in [0.15, 0.2) is 21.3 Å². The van der Waals surface area contributed by atoms with Crippen molar-refractivity contribution in [1.82, 2.24) is 0 Å². The monoisotopic (exact) mass is 182 g/mol. The van der Waals surface area contributed by atoms with E-state index in [1.54, 1.807) is 13.0 Å². The van der Waals surface area contributed by atoms with Gasteiger partial charge in [0.25, 0.3) is 0 Å². The van der Waals surface area contributed by atoms with Crippen molar-refractivity contribution < 1.29 is 9.52 Å². The molecule has 0 aromatic carbocycles. The molecule has 1 atom stereocenters. The molecule has 0 bridgehead atoms. The number of aliphatic hydroxyl groups excluding tert-OH is 1. The molecule has 1 aromatic rings. The number of aliphatic hydroxyl groups is 1. The summed E-state index contributed by atoms with van der Waals surface area (Å²) < 4.78 is 4.86. The van der Waals surface area contributed by atoms with Crippen LogP contribution in [0, 0.1) is 6.92 Å². The van der Waals surface area contributed by atoms with Crippen molar-refractivity contribution in [2.45, 2.75) is 32.8 Å². The number of hydrogen-bond acceptors (Lipinski definition) is 3. The minimum atomic E-state index is -0.519. The van der Waals surface area contributed by atoms with E-state index in [0.717, 1.165) is 6.42 Å². The van der Waals surface area contributed by atoms with E-state index >= 15 is 0 Å². The Bertz CT molecular complexity index is 327. The molecule has 1 heterocycles. The number of hydrogen-bond donors (Lipinski definition) is 1. The average molecular weight is 182 g/mol. The van der Waals surface area contributed by atoms with Crippen molar-refractivity contribution in [3.63, 3.8) is 0 Å². The first-order valence-corrected chi connectivity index (χ1v) is 4.44. The highest BCUT2D eigenvalue weighted by Gasteiger charge is 2.10. The minimum Gasteiger partial charge on any atom is -0.428 e. The SMILES string of the molecule is CCCC(O)c1ccc(=O)oc1C. The van der Waals surface area contributed by atoms with Crippen LogP contribution in [0.1, 0.15) is 37.2 Å². The molecule has 0 radical (unpaired) electrons. The first kappa shape index (κ1) is 9.99. The average Bonchev–Trinajstić information content (AvgIpc) is 2.04. The summed E-state index contributed by atoms with van der Waals surface area (Å²) in [5.74, 6) is 0.508. The fraction of sp³-hybridized carbons (Fsp3) is 0.500. The summed E-state index contributed by atoms with van der Waals surface area (Å²) in [7, 11) is 0. The molecular weight excluding hydrogens is 168 g/mol. The third kappa shape index (κ3) is 2.42. The van der Waals surface area contributed by atoms with E-state index in [0.29, 0.717) is 17.7 Å². The van der Waals surface area contributed by atoms with Gasteiger partial charge in [-0.05, 0) is 19.4 Å². The van der Waals surface area contributed by atoms with Gasteiger partial charge < -0.3 is 9.52 Å². The predicted octanol–water partition coefficient (Wildman–Crippen LogP) is 1.78. The molecule has 0 saturated heterocycles. The topological polar surface area (TPSA) is 50.4 Å². The van der Waals surface area contributed by atoms with Gasteiger partial charge in [-0.2, -0.15) is 0 Å². The molecule has 0 amide bonds. The first-order valence-electron chi connectivity index (χ1n) is 4.44. The predicted molar refractivity (Wildman–Crippen MR) is 49.6 cm³/mol. The Morgan fingerprint density at radius 3 is 2.77 bits per heavy atom. The maximum absolute atomic E-state index is 10.8. The van der Waals surface area contributed by atoms with Gasteiger partial charge in [0, 0.05) is 11.6 Å². The zero-order chi connectivity index (χ0) is 9.84. The molecule has 1 unspecified atom stereocenters. The third-order valence-corrected chi connectivity index (χ3v) is 1.98. The molecular formula is C10H14O3. The van der Waals surface area contributed by atoms with Gasteiger partial charge in [0.1, 0.15) is 5.76 Å². The van der Waals surface area contributed by atoms with Gasteiger partial charge in [-0.15, -0.1) is 0 Å². The first-order chi connectivity index (χ1) is 6.15. The van der Waals surface area contributed by atoms with Crippen LogP contribution < -0.4 is 5.63 Å². The second-order valence-corrected chi connectivity index (χ2v) is 3.07. The van der Waals surface area contributed by atoms with Crippen molar-refractivity contribution >= 4 is 0 Å². The standard InChI is InChI=1S/C10H14O3/c1-3-4-9(11)8-5-6-10(12)13-7(8)2/h5-6,9,11H,3-4H2,1-2H3. The third-order valence-electron chi connectivity index (χ3n) is 1.98. The van der Waals surface area contributed by atoms with Crippen LogP contribution in [0.3, 0.4) is 0 Å². The van der Waals surface area contributed by atoms with Crippen molar-refractivity contribution in [2.24, 2.45) is 0 Å². The molecule has 0 saturated carbocycles. The minimum absolute atomic E-state index is 0.370. The highest BCUT2D eigenvalue weighted by atomic mass is 16.4. The van der Waals surface area contributed by atoms with Crippen molar-refractivity contribution in [1.29, 1.82) is 0 Å². The van der Waals surface area contributed by atoms with E-state index in [1.807, 2.05) is 6.92 Å². The molecule has 1 aromatic heterocycles. The normalized spacial score (nSPS) is 12.8. The Labute approximate surface area is 77.0 Å². The Hall–Kier alpha value is -1.09. The van der Waals surface area contributed by atoms with E-state index < -0.39 is 6.10 Å². The molecule has 0 fully saturated rings. The van der Waals surface area contributed by atoms with Gasteiger partial charge >= 0.3 is 5.63 Å². The lowest BCUT2D eigenvalue weighted by atomic mass is 10.1. The maximum Gasteiger partial charge on any atom is 0.335 e. The fourth-order valence-electron chi connectivity index (χ4n) is 1.29. The van der Waals surface area contributed by atoms with Gasteiger partial charge in [-0.1, -0.05) is 13.3 Å². The Morgan fingerprint density at radius 1 is 1.54 bits per heavy atom. The molecule has 3 heteroatoms. The summed E-state index contributed by atoms with van der Waals surface area (Å²) in [5, 5.41) is 9.63. The highest BCUT2D eigenvalue weighted by Crippen LogP contribution is 2.19. The summed E-state index contributed by atoms with van der Waals surface area (Å²) >= 11 is 0. The van der Waals surface area contributed by atoms with Crippen LogP contribution >= 0.6 is 0 Å². The Morgan fingerprint density at radius 2 is 2.23 bits per heavy atom. The second-order valence-electron chi connectivity index (χ2n) is 3.07. The van der Waals surface area contributed by atoms with Crippen LogP contribution in [-0.2, 0) is 0 Å². The van der Waals surface area contributed by atoms with Gasteiger partial charge in [0.15, 0.2) is 0 Å². The molecule has 0 aliphatic rings. The highest BCUT2D eigenvalue weighted by molar-refractivity contribution is 5.18. The molecule has 1 rings (SSSR count). The van der Waals surface area contributed by atoms with Gasteiger partial charge in [-0.3, -0.25) is 0 Å². The fourth-order valence-corrected chi connectivity index (χ4v) is 1.29. The molecule has 3 nitrogen and oxygen atoms in total. The quantitative estimate of drug-likeness (QED) is 0.775. The van der Waals surface area contributed by atoms with Crippen molar-refractivity contribution in [2.75, 3.05) is 0 Å². The summed E-state index contributed by atoms with van der Waals surface area (Å²) in [6.45, 7) is 3.69. The molecule has 1 N–H and O–H groups in total. The summed E-state index contributed by atoms with van der Waals surface area (Å²) in [6, 6.07) is 2.96. The van der Waals surface area contributed by atoms with E-state index in [-0.39, 0.29) is 5.63 Å². The molecule has 13 heavy (non-hydrogen) atoms. The lowest BCUT2D eigenvalue weighted by Gasteiger charge is -2.10. The van der Waals surface area contributed by atoms with Crippen molar-refractivity contribution in [3.05, 3.63) is 33.9 Å².